The fourth-order valence-electron chi connectivity index (χ4n) is 4.35. The van der Waals surface area contributed by atoms with Crippen LogP contribution in [0.2, 0.25) is 0 Å². The molecule has 0 spiro atoms. The lowest BCUT2D eigenvalue weighted by Crippen LogP contribution is -2.35. The van der Waals surface area contributed by atoms with Crippen molar-refractivity contribution >= 4 is 23.3 Å². The molecule has 0 bridgehead atoms. The molecule has 1 amide bonds. The second kappa shape index (κ2) is 10.9. The van der Waals surface area contributed by atoms with Crippen LogP contribution in [-0.2, 0) is 0 Å². The quantitative estimate of drug-likeness (QED) is 0.385. The Morgan fingerprint density at radius 1 is 1.24 bits per heavy atom. The predicted molar refractivity (Wildman–Crippen MR) is 138 cm³/mol. The Kier molecular flexibility index (Phi) is 7.78. The van der Waals surface area contributed by atoms with Crippen LogP contribution >= 0.6 is 0 Å². The monoisotopic (exact) mass is 522 g/mol. The first kappa shape index (κ1) is 27.2. The highest BCUT2D eigenvalue weighted by molar-refractivity contribution is 5.95. The van der Waals surface area contributed by atoms with Gasteiger partial charge in [0.2, 0.25) is 17.6 Å². The molecule has 1 saturated heterocycles. The maximum atomic E-state index is 13.1. The third-order valence-electron chi connectivity index (χ3n) is 7.44. The van der Waals surface area contributed by atoms with Crippen molar-refractivity contribution in [2.24, 2.45) is 23.5 Å². The average molecular weight is 523 g/mol. The van der Waals surface area contributed by atoms with E-state index in [9.17, 15) is 14.7 Å². The van der Waals surface area contributed by atoms with Gasteiger partial charge in [-0.1, -0.05) is 6.92 Å². The highest BCUT2D eigenvalue weighted by Crippen LogP contribution is 2.38. The molecule has 202 valence electrons. The van der Waals surface area contributed by atoms with Crippen LogP contribution in [0.5, 0.6) is 6.01 Å². The molecule has 2 aromatic heterocycles. The summed E-state index contributed by atoms with van der Waals surface area (Å²) in [6.45, 7) is 6.57. The minimum absolute atomic E-state index is 0.0119. The molecule has 2 fully saturated rings. The lowest BCUT2D eigenvalue weighted by atomic mass is 9.88. The van der Waals surface area contributed by atoms with Crippen LogP contribution in [0.4, 0.5) is 11.6 Å². The Hall–Kier alpha value is -3.85. The molecule has 4 rings (SSSR count). The van der Waals surface area contributed by atoms with Crippen LogP contribution in [-0.4, -0.2) is 62.0 Å². The number of anilines is 2. The molecule has 12 heteroatoms. The zero-order valence-electron chi connectivity index (χ0n) is 21.9. The molecule has 12 nitrogen and oxygen atoms in total. The van der Waals surface area contributed by atoms with Crippen LogP contribution in [0.1, 0.15) is 79.2 Å². The van der Waals surface area contributed by atoms with Crippen molar-refractivity contribution in [3.05, 3.63) is 29.3 Å². The van der Waals surface area contributed by atoms with E-state index < -0.39 is 11.5 Å². The number of primary amides is 1. The number of nitrogens with zero attached hydrogens (tertiary/aromatic N) is 6. The normalized spacial score (nSPS) is 20.4. The zero-order valence-corrected chi connectivity index (χ0v) is 21.9. The number of piperidine rings is 1. The average Bonchev–Trinajstić information content (AvgIpc) is 3.65. The van der Waals surface area contributed by atoms with Gasteiger partial charge < -0.3 is 26.2 Å². The van der Waals surface area contributed by atoms with Gasteiger partial charge in [0.25, 0.3) is 5.91 Å². The lowest BCUT2D eigenvalue weighted by Gasteiger charge is -2.32. The molecule has 0 aromatic carbocycles. The molecule has 3 heterocycles. The second-order valence-corrected chi connectivity index (χ2v) is 10.8. The van der Waals surface area contributed by atoms with Crippen molar-refractivity contribution in [1.82, 2.24) is 19.9 Å². The predicted octanol–water partition coefficient (Wildman–Crippen LogP) is 1.85. The summed E-state index contributed by atoms with van der Waals surface area (Å²) in [5.41, 5.74) is 11.3. The Bertz CT molecular complexity index is 1250. The third kappa shape index (κ3) is 6.34. The standard InChI is InChI=1S/C26H34N8O4/c1-14(26(2,3)37)10-20(35)23-31-24(33-25(32-23)38-13-17-11-16(17)12-27)34-8-6-15(7-9-34)19-5-4-18(28)21(30-19)22(29)36/h4-5,14-17,37H,6-11,13,28H2,1-3H3,(H2,29,36)/t14-,16-,17+/m0/s1. The van der Waals surface area contributed by atoms with Crippen LogP contribution in [0, 0.1) is 29.1 Å². The van der Waals surface area contributed by atoms with E-state index in [1.54, 1.807) is 26.8 Å². The highest BCUT2D eigenvalue weighted by atomic mass is 16.5. The number of nitrogens with two attached hydrogens (primary N) is 2. The Morgan fingerprint density at radius 2 is 1.95 bits per heavy atom. The van der Waals surface area contributed by atoms with Gasteiger partial charge >= 0.3 is 6.01 Å². The van der Waals surface area contributed by atoms with E-state index in [0.717, 1.165) is 12.1 Å². The first-order valence-corrected chi connectivity index (χ1v) is 12.8. The van der Waals surface area contributed by atoms with E-state index in [1.807, 2.05) is 11.0 Å². The summed E-state index contributed by atoms with van der Waals surface area (Å²) in [7, 11) is 0. The number of rotatable bonds is 10. The number of ketones is 1. The van der Waals surface area contributed by atoms with E-state index in [-0.39, 0.29) is 59.1 Å². The van der Waals surface area contributed by atoms with Gasteiger partial charge in [0.1, 0.15) is 0 Å². The molecule has 1 aliphatic carbocycles. The van der Waals surface area contributed by atoms with Crippen LogP contribution in [0.25, 0.3) is 0 Å². The molecule has 1 aliphatic heterocycles. The van der Waals surface area contributed by atoms with Gasteiger partial charge in [-0.15, -0.1) is 0 Å². The molecular formula is C26H34N8O4. The second-order valence-electron chi connectivity index (χ2n) is 10.8. The fourth-order valence-corrected chi connectivity index (χ4v) is 4.35. The summed E-state index contributed by atoms with van der Waals surface area (Å²) in [5.74, 6) is -0.767. The van der Waals surface area contributed by atoms with Gasteiger partial charge in [-0.25, -0.2) is 4.98 Å². The van der Waals surface area contributed by atoms with E-state index in [2.05, 4.69) is 26.0 Å². The zero-order chi connectivity index (χ0) is 27.6. The summed E-state index contributed by atoms with van der Waals surface area (Å²) in [6, 6.07) is 5.73. The number of Topliss-reactive ketones (excluding diaryl/α,β-unsaturated/α-hetero) is 1. The molecule has 2 aromatic rings. The van der Waals surface area contributed by atoms with E-state index in [0.29, 0.717) is 38.5 Å². The third-order valence-corrected chi connectivity index (χ3v) is 7.44. The number of amides is 1. The minimum Gasteiger partial charge on any atom is -0.463 e. The number of pyridine rings is 1. The van der Waals surface area contributed by atoms with Crippen molar-refractivity contribution in [3.8, 4) is 12.1 Å². The summed E-state index contributed by atoms with van der Waals surface area (Å²) < 4.78 is 5.79. The maximum absolute atomic E-state index is 13.1. The molecule has 2 aliphatic rings. The van der Waals surface area contributed by atoms with Crippen molar-refractivity contribution in [3.63, 3.8) is 0 Å². The van der Waals surface area contributed by atoms with Gasteiger partial charge in [-0.2, -0.15) is 20.2 Å². The summed E-state index contributed by atoms with van der Waals surface area (Å²) >= 11 is 0. The molecule has 0 unspecified atom stereocenters. The van der Waals surface area contributed by atoms with Gasteiger partial charge in [0.05, 0.1) is 29.9 Å². The lowest BCUT2D eigenvalue weighted by molar-refractivity contribution is 0.0211. The van der Waals surface area contributed by atoms with Crippen LogP contribution in [0.3, 0.4) is 0 Å². The number of carbonyl (C=O) groups is 2. The number of nitrogen functional groups attached to an aromatic ring is 1. The van der Waals surface area contributed by atoms with Crippen molar-refractivity contribution < 1.29 is 19.4 Å². The van der Waals surface area contributed by atoms with Crippen molar-refractivity contribution in [2.75, 3.05) is 30.3 Å². The summed E-state index contributed by atoms with van der Waals surface area (Å²) in [4.78, 5) is 44.2. The van der Waals surface area contributed by atoms with E-state index in [4.69, 9.17) is 21.5 Å². The fraction of sp³-hybridized carbons (Fsp3) is 0.577. The molecule has 5 N–H and O–H groups in total. The smallest absolute Gasteiger partial charge is 0.321 e. The number of hydrogen-bond donors (Lipinski definition) is 3. The Morgan fingerprint density at radius 3 is 2.55 bits per heavy atom. The topological polar surface area (TPSA) is 194 Å². The maximum Gasteiger partial charge on any atom is 0.321 e. The number of carbonyl (C=O) groups excluding carboxylic acids is 2. The van der Waals surface area contributed by atoms with Gasteiger partial charge in [-0.05, 0) is 51.2 Å². The molecule has 0 radical (unpaired) electrons. The molecule has 1 saturated carbocycles. The van der Waals surface area contributed by atoms with E-state index >= 15 is 0 Å². The minimum atomic E-state index is -1.03. The van der Waals surface area contributed by atoms with Gasteiger partial charge in [0, 0.05) is 37.0 Å². The van der Waals surface area contributed by atoms with Crippen molar-refractivity contribution in [2.45, 2.75) is 58.0 Å². The summed E-state index contributed by atoms with van der Waals surface area (Å²) in [6.07, 6.45) is 2.26. The first-order valence-electron chi connectivity index (χ1n) is 12.8. The largest absolute Gasteiger partial charge is 0.463 e. The molecule has 3 atom stereocenters. The van der Waals surface area contributed by atoms with Crippen LogP contribution in [0.15, 0.2) is 12.1 Å². The Balaban J connectivity index is 1.50. The number of ether oxygens (including phenoxy) is 1. The van der Waals surface area contributed by atoms with Gasteiger partial charge in [-0.3, -0.25) is 9.59 Å². The highest BCUT2D eigenvalue weighted by Gasteiger charge is 2.38. The number of nitriles is 1. The van der Waals surface area contributed by atoms with Gasteiger partial charge in [0.15, 0.2) is 5.69 Å². The SMILES string of the molecule is C[C@@H](CC(=O)c1nc(OC[C@H]2C[C@H]2C#N)nc(N2CCC(c3ccc(N)c(C(N)=O)n3)CC2)n1)C(C)(C)O. The molecule has 38 heavy (non-hydrogen) atoms. The first-order chi connectivity index (χ1) is 18.0. The Labute approximate surface area is 221 Å². The van der Waals surface area contributed by atoms with Crippen molar-refractivity contribution in [1.29, 1.82) is 5.26 Å². The van der Waals surface area contributed by atoms with E-state index in [1.165, 1.54) is 0 Å². The molecular weight excluding hydrogens is 488 g/mol. The van der Waals surface area contributed by atoms with Crippen LogP contribution < -0.4 is 21.1 Å². The summed E-state index contributed by atoms with van der Waals surface area (Å²) in [5, 5.41) is 19.3. The number of aromatic nitrogens is 4. The number of hydrogen-bond acceptors (Lipinski definition) is 11. The number of aliphatic hydroxyl groups is 1.